The maximum absolute atomic E-state index is 13.0. The molecular formula is C17H23N5OS2. The number of thiazole rings is 1. The van der Waals surface area contributed by atoms with Crippen LogP contribution < -0.4 is 0 Å². The second kappa shape index (κ2) is 7.09. The van der Waals surface area contributed by atoms with E-state index in [2.05, 4.69) is 31.7 Å². The number of imidazole rings is 1. The van der Waals surface area contributed by atoms with Crippen molar-refractivity contribution in [2.24, 2.45) is 5.92 Å². The highest BCUT2D eigenvalue weighted by molar-refractivity contribution is 8.00. The Morgan fingerprint density at radius 2 is 2.28 bits per heavy atom. The maximum atomic E-state index is 13.0. The van der Waals surface area contributed by atoms with Crippen molar-refractivity contribution >= 4 is 29.0 Å². The molecule has 0 aliphatic carbocycles. The summed E-state index contributed by atoms with van der Waals surface area (Å²) in [4.78, 5) is 29.6. The summed E-state index contributed by atoms with van der Waals surface area (Å²) in [6.07, 6.45) is 6.05. The molecular weight excluding hydrogens is 354 g/mol. The number of hydrogen-bond donors (Lipinski definition) is 1. The molecule has 5 rings (SSSR count). The van der Waals surface area contributed by atoms with Gasteiger partial charge >= 0.3 is 0 Å². The molecule has 2 aromatic rings. The van der Waals surface area contributed by atoms with Crippen LogP contribution in [0.15, 0.2) is 16.0 Å². The molecule has 134 valence electrons. The molecule has 2 aromatic heterocycles. The van der Waals surface area contributed by atoms with E-state index in [0.717, 1.165) is 48.3 Å². The van der Waals surface area contributed by atoms with Crippen LogP contribution in [-0.2, 0) is 6.54 Å². The zero-order chi connectivity index (χ0) is 17.4. The maximum Gasteiger partial charge on any atom is 0.273 e. The Morgan fingerprint density at radius 3 is 3.00 bits per heavy atom. The van der Waals surface area contributed by atoms with Crippen LogP contribution >= 0.6 is 23.1 Å². The SMILES string of the molecule is CSc1nc(C(=O)N2C[C@H]3CC[C@@H]2CN(Cc2nc[nH]c2C)C3)cs1. The highest BCUT2D eigenvalue weighted by atomic mass is 32.2. The number of hydrogen-bond acceptors (Lipinski definition) is 6. The van der Waals surface area contributed by atoms with Gasteiger partial charge in [-0.05, 0) is 31.9 Å². The quantitative estimate of drug-likeness (QED) is 0.830. The molecule has 25 heavy (non-hydrogen) atoms. The average molecular weight is 378 g/mol. The largest absolute Gasteiger partial charge is 0.348 e. The smallest absolute Gasteiger partial charge is 0.273 e. The van der Waals surface area contributed by atoms with Crippen molar-refractivity contribution in [3.05, 3.63) is 28.8 Å². The van der Waals surface area contributed by atoms with Gasteiger partial charge in [0.15, 0.2) is 0 Å². The molecule has 5 heterocycles. The van der Waals surface area contributed by atoms with Gasteiger partial charge in [0.05, 0.1) is 12.0 Å². The van der Waals surface area contributed by atoms with E-state index >= 15 is 0 Å². The van der Waals surface area contributed by atoms with Crippen molar-refractivity contribution in [3.63, 3.8) is 0 Å². The Labute approximate surface area is 156 Å². The number of nitrogens with one attached hydrogen (secondary N) is 1. The number of rotatable bonds is 4. The first-order valence-electron chi connectivity index (χ1n) is 8.65. The van der Waals surface area contributed by atoms with E-state index in [1.54, 1.807) is 29.4 Å². The lowest BCUT2D eigenvalue weighted by atomic mass is 9.95. The average Bonchev–Trinajstić information content (AvgIpc) is 3.15. The van der Waals surface area contributed by atoms with E-state index in [9.17, 15) is 4.79 Å². The van der Waals surface area contributed by atoms with Gasteiger partial charge in [-0.3, -0.25) is 9.69 Å². The molecule has 6 nitrogen and oxygen atoms in total. The van der Waals surface area contributed by atoms with Crippen molar-refractivity contribution in [2.75, 3.05) is 25.9 Å². The molecule has 2 bridgehead atoms. The molecule has 0 saturated carbocycles. The Bertz CT molecular complexity index is 758. The van der Waals surface area contributed by atoms with Gasteiger partial charge in [-0.15, -0.1) is 11.3 Å². The first-order chi connectivity index (χ1) is 12.1. The van der Waals surface area contributed by atoms with Crippen LogP contribution in [0.4, 0.5) is 0 Å². The van der Waals surface area contributed by atoms with Gasteiger partial charge in [-0.2, -0.15) is 0 Å². The minimum absolute atomic E-state index is 0.101. The zero-order valence-electron chi connectivity index (χ0n) is 14.6. The second-order valence-corrected chi connectivity index (χ2v) is 8.84. The Kier molecular flexibility index (Phi) is 4.84. The first-order valence-corrected chi connectivity index (χ1v) is 10.8. The van der Waals surface area contributed by atoms with Crippen LogP contribution in [-0.4, -0.2) is 62.6 Å². The minimum Gasteiger partial charge on any atom is -0.348 e. The number of carbonyl (C=O) groups excluding carboxylic acids is 1. The Hall–Kier alpha value is -1.38. The summed E-state index contributed by atoms with van der Waals surface area (Å²) < 4.78 is 0.957. The molecule has 2 atom stereocenters. The Balaban J connectivity index is 1.49. The Morgan fingerprint density at radius 1 is 1.40 bits per heavy atom. The summed E-state index contributed by atoms with van der Waals surface area (Å²) in [5.74, 6) is 0.643. The molecule has 1 amide bonds. The van der Waals surface area contributed by atoms with Gasteiger partial charge < -0.3 is 9.88 Å². The molecule has 0 spiro atoms. The lowest BCUT2D eigenvalue weighted by Gasteiger charge is -2.35. The topological polar surface area (TPSA) is 65.1 Å². The van der Waals surface area contributed by atoms with E-state index in [4.69, 9.17) is 0 Å². The number of aromatic nitrogens is 3. The highest BCUT2D eigenvalue weighted by Crippen LogP contribution is 2.30. The molecule has 1 N–H and O–H groups in total. The third-order valence-corrected chi connectivity index (χ3v) is 7.10. The van der Waals surface area contributed by atoms with Gasteiger partial charge in [-0.25, -0.2) is 9.97 Å². The number of fused-ring (bicyclic) bond motifs is 4. The third-order valence-electron chi connectivity index (χ3n) is 5.23. The normalized spacial score (nSPS) is 23.8. The van der Waals surface area contributed by atoms with E-state index in [1.807, 2.05) is 11.6 Å². The number of amides is 1. The predicted molar refractivity (Wildman–Crippen MR) is 100 cm³/mol. The molecule has 3 aliphatic rings. The van der Waals surface area contributed by atoms with Crippen LogP contribution in [0.2, 0.25) is 0 Å². The van der Waals surface area contributed by atoms with Gasteiger partial charge in [0.1, 0.15) is 10.0 Å². The second-order valence-electron chi connectivity index (χ2n) is 6.93. The van der Waals surface area contributed by atoms with E-state index < -0.39 is 0 Å². The van der Waals surface area contributed by atoms with Crippen LogP contribution in [0.25, 0.3) is 0 Å². The summed E-state index contributed by atoms with van der Waals surface area (Å²) in [7, 11) is 0. The molecule has 0 radical (unpaired) electrons. The molecule has 3 fully saturated rings. The minimum atomic E-state index is 0.101. The molecule has 3 saturated heterocycles. The van der Waals surface area contributed by atoms with Gasteiger partial charge in [0, 0.05) is 43.3 Å². The number of piperidine rings is 1. The first kappa shape index (κ1) is 17.1. The summed E-state index contributed by atoms with van der Waals surface area (Å²) in [6, 6.07) is 0.282. The van der Waals surface area contributed by atoms with Gasteiger partial charge in [-0.1, -0.05) is 11.8 Å². The van der Waals surface area contributed by atoms with E-state index in [-0.39, 0.29) is 11.9 Å². The molecule has 0 aromatic carbocycles. The van der Waals surface area contributed by atoms with Crippen LogP contribution in [0, 0.1) is 12.8 Å². The number of carbonyl (C=O) groups is 1. The number of aryl methyl sites for hydroxylation is 1. The predicted octanol–water partition coefficient (Wildman–Crippen LogP) is 2.63. The number of H-pyrrole nitrogens is 1. The van der Waals surface area contributed by atoms with E-state index in [1.165, 1.54) is 6.42 Å². The van der Waals surface area contributed by atoms with Crippen LogP contribution in [0.5, 0.6) is 0 Å². The lowest BCUT2D eigenvalue weighted by molar-refractivity contribution is 0.0579. The fraction of sp³-hybridized carbons (Fsp3) is 0.588. The third kappa shape index (κ3) is 3.47. The lowest BCUT2D eigenvalue weighted by Crippen LogP contribution is -2.47. The zero-order valence-corrected chi connectivity index (χ0v) is 16.2. The monoisotopic (exact) mass is 377 g/mol. The van der Waals surface area contributed by atoms with Crippen molar-refractivity contribution < 1.29 is 4.79 Å². The van der Waals surface area contributed by atoms with Crippen molar-refractivity contribution in [1.29, 1.82) is 0 Å². The summed E-state index contributed by atoms with van der Waals surface area (Å²) in [6.45, 7) is 5.74. The van der Waals surface area contributed by atoms with E-state index in [0.29, 0.717) is 11.6 Å². The number of thioether (sulfide) groups is 1. The van der Waals surface area contributed by atoms with Crippen molar-refractivity contribution in [2.45, 2.75) is 36.7 Å². The molecule has 0 unspecified atom stereocenters. The highest BCUT2D eigenvalue weighted by Gasteiger charge is 2.38. The summed E-state index contributed by atoms with van der Waals surface area (Å²) in [5.41, 5.74) is 2.86. The van der Waals surface area contributed by atoms with Crippen molar-refractivity contribution in [1.82, 2.24) is 24.8 Å². The van der Waals surface area contributed by atoms with Crippen LogP contribution in [0.3, 0.4) is 0 Å². The fourth-order valence-electron chi connectivity index (χ4n) is 3.91. The van der Waals surface area contributed by atoms with Gasteiger partial charge in [0.25, 0.3) is 5.91 Å². The summed E-state index contributed by atoms with van der Waals surface area (Å²) in [5, 5.41) is 1.90. The fourth-order valence-corrected chi connectivity index (χ4v) is 5.15. The number of aromatic amines is 1. The standard InChI is InChI=1S/C17H23N5OS2/c1-11-14(19-10-18-11)8-21-5-12-3-4-13(7-21)22(6-12)16(23)15-9-25-17(20-15)24-2/h9-10,12-13H,3-8H2,1-2H3,(H,18,19)/t12-,13+/m0/s1. The van der Waals surface area contributed by atoms with Gasteiger partial charge in [0.2, 0.25) is 0 Å². The summed E-state index contributed by atoms with van der Waals surface area (Å²) >= 11 is 3.15. The van der Waals surface area contributed by atoms with Crippen LogP contribution in [0.1, 0.15) is 34.7 Å². The molecule has 3 aliphatic heterocycles. The number of nitrogens with zero attached hydrogens (tertiary/aromatic N) is 4. The van der Waals surface area contributed by atoms with Crippen molar-refractivity contribution in [3.8, 4) is 0 Å². The molecule has 8 heteroatoms.